The van der Waals surface area contributed by atoms with Crippen LogP contribution in [0.5, 0.6) is 0 Å². The number of rotatable bonds is 6. The number of morpholine rings is 1. The van der Waals surface area contributed by atoms with E-state index in [0.717, 1.165) is 51.2 Å². The summed E-state index contributed by atoms with van der Waals surface area (Å²) < 4.78 is 18.9. The van der Waals surface area contributed by atoms with Gasteiger partial charge in [-0.25, -0.2) is 4.39 Å². The fraction of sp³-hybridized carbons (Fsp3) is 0.571. The van der Waals surface area contributed by atoms with Gasteiger partial charge in [0.15, 0.2) is 0 Å². The van der Waals surface area contributed by atoms with Crippen molar-refractivity contribution in [2.75, 3.05) is 32.8 Å². The largest absolute Gasteiger partial charge is 0.376 e. The number of nitrogens with one attached hydrogen (secondary N) is 2. The number of hydrogen-bond donors (Lipinski definition) is 2. The van der Waals surface area contributed by atoms with E-state index in [4.69, 9.17) is 4.74 Å². The Kier molecular flexibility index (Phi) is 5.58. The molecule has 1 saturated heterocycles. The topological polar surface area (TPSA) is 33.3 Å². The Balaban J connectivity index is 1.57. The molecule has 0 radical (unpaired) electrons. The van der Waals surface area contributed by atoms with Crippen molar-refractivity contribution in [3.8, 4) is 0 Å². The average Bonchev–Trinajstić information content (AvgIpc) is 2.42. The smallest absolute Gasteiger partial charge is 0.126 e. The zero-order valence-electron chi connectivity index (χ0n) is 10.6. The van der Waals surface area contributed by atoms with E-state index in [9.17, 15) is 4.39 Å². The van der Waals surface area contributed by atoms with E-state index in [1.165, 1.54) is 6.07 Å². The minimum atomic E-state index is -0.112. The van der Waals surface area contributed by atoms with Gasteiger partial charge >= 0.3 is 0 Å². The van der Waals surface area contributed by atoms with Gasteiger partial charge < -0.3 is 15.4 Å². The first-order chi connectivity index (χ1) is 8.86. The van der Waals surface area contributed by atoms with Crippen molar-refractivity contribution >= 4 is 0 Å². The molecular formula is C14H21FN2O. The number of hydrogen-bond acceptors (Lipinski definition) is 3. The van der Waals surface area contributed by atoms with Crippen LogP contribution in [0.15, 0.2) is 24.3 Å². The van der Waals surface area contributed by atoms with Gasteiger partial charge in [-0.05, 0) is 37.6 Å². The van der Waals surface area contributed by atoms with Gasteiger partial charge in [0.1, 0.15) is 5.82 Å². The van der Waals surface area contributed by atoms with Crippen LogP contribution in [0.3, 0.4) is 0 Å². The second-order valence-electron chi connectivity index (χ2n) is 4.58. The molecule has 1 unspecified atom stereocenters. The lowest BCUT2D eigenvalue weighted by molar-refractivity contribution is 0.0239. The highest BCUT2D eigenvalue weighted by atomic mass is 19.1. The Labute approximate surface area is 108 Å². The third-order valence-electron chi connectivity index (χ3n) is 3.18. The number of ether oxygens (including phenoxy) is 1. The molecule has 1 atom stereocenters. The zero-order chi connectivity index (χ0) is 12.6. The lowest BCUT2D eigenvalue weighted by Crippen LogP contribution is -2.40. The molecule has 1 aliphatic heterocycles. The van der Waals surface area contributed by atoms with Gasteiger partial charge in [-0.15, -0.1) is 0 Å². The van der Waals surface area contributed by atoms with E-state index in [-0.39, 0.29) is 5.82 Å². The van der Waals surface area contributed by atoms with Crippen LogP contribution in [0.1, 0.15) is 12.0 Å². The van der Waals surface area contributed by atoms with Gasteiger partial charge in [-0.3, -0.25) is 0 Å². The lowest BCUT2D eigenvalue weighted by Gasteiger charge is -2.23. The molecule has 0 amide bonds. The predicted molar refractivity (Wildman–Crippen MR) is 70.2 cm³/mol. The molecule has 0 spiro atoms. The molecule has 1 aromatic carbocycles. The SMILES string of the molecule is Fc1ccccc1CCNCCC1CNCCO1. The summed E-state index contributed by atoms with van der Waals surface area (Å²) in [6, 6.07) is 6.95. The second kappa shape index (κ2) is 7.46. The summed E-state index contributed by atoms with van der Waals surface area (Å²) in [6.07, 6.45) is 2.06. The Hall–Kier alpha value is -0.970. The van der Waals surface area contributed by atoms with E-state index in [1.807, 2.05) is 12.1 Å². The van der Waals surface area contributed by atoms with Gasteiger partial charge in [-0.2, -0.15) is 0 Å². The Morgan fingerprint density at radius 3 is 3.00 bits per heavy atom. The van der Waals surface area contributed by atoms with Crippen LogP contribution < -0.4 is 10.6 Å². The highest BCUT2D eigenvalue weighted by molar-refractivity contribution is 5.17. The molecule has 1 aliphatic rings. The first-order valence-electron chi connectivity index (χ1n) is 6.62. The van der Waals surface area contributed by atoms with Gasteiger partial charge in [0.25, 0.3) is 0 Å². The molecule has 2 rings (SSSR count). The third-order valence-corrected chi connectivity index (χ3v) is 3.18. The third kappa shape index (κ3) is 4.37. The predicted octanol–water partition coefficient (Wildman–Crippen LogP) is 1.34. The van der Waals surface area contributed by atoms with Crippen molar-refractivity contribution < 1.29 is 9.13 Å². The van der Waals surface area contributed by atoms with Crippen LogP contribution >= 0.6 is 0 Å². The standard InChI is InChI=1S/C14H21FN2O/c15-14-4-2-1-3-12(14)5-7-16-8-6-13-11-17-9-10-18-13/h1-4,13,16-17H,5-11H2. The van der Waals surface area contributed by atoms with E-state index >= 15 is 0 Å². The van der Waals surface area contributed by atoms with E-state index in [2.05, 4.69) is 10.6 Å². The summed E-state index contributed by atoms with van der Waals surface area (Å²) in [4.78, 5) is 0. The van der Waals surface area contributed by atoms with Crippen molar-refractivity contribution in [3.63, 3.8) is 0 Å². The van der Waals surface area contributed by atoms with Crippen LogP contribution in [0.4, 0.5) is 4.39 Å². The molecule has 0 bridgehead atoms. The minimum absolute atomic E-state index is 0.112. The first-order valence-corrected chi connectivity index (χ1v) is 6.62. The molecule has 1 heterocycles. The summed E-state index contributed by atoms with van der Waals surface area (Å²) in [5.41, 5.74) is 0.778. The molecular weight excluding hydrogens is 231 g/mol. The van der Waals surface area contributed by atoms with Crippen molar-refractivity contribution in [1.29, 1.82) is 0 Å². The van der Waals surface area contributed by atoms with Gasteiger partial charge in [-0.1, -0.05) is 18.2 Å². The van der Waals surface area contributed by atoms with Crippen LogP contribution in [0.2, 0.25) is 0 Å². The molecule has 1 aromatic rings. The molecule has 100 valence electrons. The Bertz CT molecular complexity index is 353. The summed E-state index contributed by atoms with van der Waals surface area (Å²) >= 11 is 0. The normalized spacial score (nSPS) is 19.9. The first kappa shape index (κ1) is 13.5. The summed E-state index contributed by atoms with van der Waals surface area (Å²) in [5, 5.41) is 6.64. The van der Waals surface area contributed by atoms with E-state index in [0.29, 0.717) is 6.10 Å². The zero-order valence-corrected chi connectivity index (χ0v) is 10.6. The van der Waals surface area contributed by atoms with E-state index < -0.39 is 0 Å². The maximum absolute atomic E-state index is 13.3. The number of halogens is 1. The molecule has 0 saturated carbocycles. The molecule has 4 heteroatoms. The van der Waals surface area contributed by atoms with Crippen molar-refractivity contribution in [2.24, 2.45) is 0 Å². The van der Waals surface area contributed by atoms with Crippen molar-refractivity contribution in [1.82, 2.24) is 10.6 Å². The highest BCUT2D eigenvalue weighted by Crippen LogP contribution is 2.06. The maximum Gasteiger partial charge on any atom is 0.126 e. The lowest BCUT2D eigenvalue weighted by atomic mass is 10.1. The molecule has 0 aliphatic carbocycles. The molecule has 2 N–H and O–H groups in total. The molecule has 1 fully saturated rings. The maximum atomic E-state index is 13.3. The summed E-state index contributed by atoms with van der Waals surface area (Å²) in [5.74, 6) is -0.112. The van der Waals surface area contributed by atoms with Crippen LogP contribution in [-0.4, -0.2) is 38.9 Å². The Morgan fingerprint density at radius 2 is 2.22 bits per heavy atom. The van der Waals surface area contributed by atoms with Gasteiger partial charge in [0.05, 0.1) is 12.7 Å². The van der Waals surface area contributed by atoms with Crippen LogP contribution in [-0.2, 0) is 11.2 Å². The van der Waals surface area contributed by atoms with Gasteiger partial charge in [0, 0.05) is 13.1 Å². The van der Waals surface area contributed by atoms with Crippen LogP contribution in [0, 0.1) is 5.82 Å². The second-order valence-corrected chi connectivity index (χ2v) is 4.58. The minimum Gasteiger partial charge on any atom is -0.376 e. The Morgan fingerprint density at radius 1 is 1.33 bits per heavy atom. The number of benzene rings is 1. The van der Waals surface area contributed by atoms with Gasteiger partial charge in [0.2, 0.25) is 0 Å². The monoisotopic (exact) mass is 252 g/mol. The van der Waals surface area contributed by atoms with E-state index in [1.54, 1.807) is 6.07 Å². The van der Waals surface area contributed by atoms with Crippen LogP contribution in [0.25, 0.3) is 0 Å². The quantitative estimate of drug-likeness (QED) is 0.750. The fourth-order valence-electron chi connectivity index (χ4n) is 2.12. The van der Waals surface area contributed by atoms with Crippen molar-refractivity contribution in [3.05, 3.63) is 35.6 Å². The highest BCUT2D eigenvalue weighted by Gasteiger charge is 2.12. The summed E-state index contributed by atoms with van der Waals surface area (Å²) in [7, 11) is 0. The average molecular weight is 252 g/mol. The summed E-state index contributed by atoms with van der Waals surface area (Å²) in [6.45, 7) is 4.42. The molecule has 18 heavy (non-hydrogen) atoms. The molecule has 3 nitrogen and oxygen atoms in total. The molecule has 0 aromatic heterocycles. The van der Waals surface area contributed by atoms with Crippen molar-refractivity contribution in [2.45, 2.75) is 18.9 Å². The fourth-order valence-corrected chi connectivity index (χ4v) is 2.12.